The van der Waals surface area contributed by atoms with Crippen LogP contribution in [0, 0.1) is 0 Å². The molecule has 0 saturated heterocycles. The van der Waals surface area contributed by atoms with Crippen LogP contribution < -0.4 is 5.73 Å². The minimum absolute atomic E-state index is 0.104. The van der Waals surface area contributed by atoms with Gasteiger partial charge >= 0.3 is 0 Å². The SMILES string of the molecule is CN(C)CC1(c2ccc(CCN3Cc4c(N)cccc4C3=O)cc2)CC1. The van der Waals surface area contributed by atoms with Gasteiger partial charge in [-0.1, -0.05) is 30.3 Å². The number of nitrogen functional groups attached to an aromatic ring is 1. The molecule has 2 aliphatic rings. The molecule has 2 aromatic carbocycles. The Labute approximate surface area is 155 Å². The lowest BCUT2D eigenvalue weighted by atomic mass is 9.94. The Bertz CT molecular complexity index is 822. The van der Waals surface area contributed by atoms with Crippen molar-refractivity contribution in [2.45, 2.75) is 31.2 Å². The number of benzene rings is 2. The topological polar surface area (TPSA) is 49.6 Å². The molecule has 4 nitrogen and oxygen atoms in total. The third-order valence-corrected chi connectivity index (χ3v) is 5.79. The van der Waals surface area contributed by atoms with Crippen LogP contribution in [-0.2, 0) is 18.4 Å². The molecule has 0 unspecified atom stereocenters. The van der Waals surface area contributed by atoms with Crippen molar-refractivity contribution >= 4 is 11.6 Å². The van der Waals surface area contributed by atoms with Gasteiger partial charge in [-0.15, -0.1) is 0 Å². The lowest BCUT2D eigenvalue weighted by Gasteiger charge is -2.21. The van der Waals surface area contributed by atoms with Crippen molar-refractivity contribution in [1.82, 2.24) is 9.80 Å². The molecule has 4 rings (SSSR count). The van der Waals surface area contributed by atoms with Gasteiger partial charge in [-0.3, -0.25) is 4.79 Å². The predicted octanol–water partition coefficient (Wildman–Crippen LogP) is 3.06. The molecule has 4 heteroatoms. The summed E-state index contributed by atoms with van der Waals surface area (Å²) >= 11 is 0. The second-order valence-electron chi connectivity index (χ2n) is 8.07. The number of rotatable bonds is 6. The van der Waals surface area contributed by atoms with Gasteiger partial charge in [-0.2, -0.15) is 0 Å². The molecule has 1 fully saturated rings. The lowest BCUT2D eigenvalue weighted by molar-refractivity contribution is 0.0780. The number of amides is 1. The van der Waals surface area contributed by atoms with Gasteiger partial charge in [-0.05, 0) is 56.6 Å². The molecule has 0 bridgehead atoms. The van der Waals surface area contributed by atoms with Gasteiger partial charge in [0.25, 0.3) is 5.91 Å². The largest absolute Gasteiger partial charge is 0.398 e. The van der Waals surface area contributed by atoms with Crippen LogP contribution >= 0.6 is 0 Å². The molecule has 0 aromatic heterocycles. The zero-order valence-corrected chi connectivity index (χ0v) is 15.7. The number of fused-ring (bicyclic) bond motifs is 1. The van der Waals surface area contributed by atoms with E-state index in [2.05, 4.69) is 43.3 Å². The average Bonchev–Trinajstić information content (AvgIpc) is 3.31. The summed E-state index contributed by atoms with van der Waals surface area (Å²) in [6, 6.07) is 14.6. The van der Waals surface area contributed by atoms with E-state index in [4.69, 9.17) is 5.73 Å². The number of hydrogen-bond donors (Lipinski definition) is 1. The van der Waals surface area contributed by atoms with Crippen molar-refractivity contribution in [2.75, 3.05) is 32.9 Å². The molecular weight excluding hydrogens is 322 g/mol. The van der Waals surface area contributed by atoms with Crippen LogP contribution in [0.5, 0.6) is 0 Å². The minimum atomic E-state index is 0.104. The molecule has 1 saturated carbocycles. The van der Waals surface area contributed by atoms with Gasteiger partial charge in [0.1, 0.15) is 0 Å². The van der Waals surface area contributed by atoms with E-state index >= 15 is 0 Å². The summed E-state index contributed by atoms with van der Waals surface area (Å²) in [5.41, 5.74) is 11.6. The van der Waals surface area contributed by atoms with Crippen molar-refractivity contribution in [3.63, 3.8) is 0 Å². The van der Waals surface area contributed by atoms with Gasteiger partial charge in [0.05, 0.1) is 0 Å². The molecule has 2 N–H and O–H groups in total. The first kappa shape index (κ1) is 17.1. The second kappa shape index (κ2) is 6.44. The van der Waals surface area contributed by atoms with E-state index in [-0.39, 0.29) is 5.91 Å². The van der Waals surface area contributed by atoms with Crippen molar-refractivity contribution in [3.8, 4) is 0 Å². The first-order valence-electron chi connectivity index (χ1n) is 9.39. The van der Waals surface area contributed by atoms with Gasteiger partial charge in [0.15, 0.2) is 0 Å². The maximum absolute atomic E-state index is 12.5. The molecule has 1 amide bonds. The summed E-state index contributed by atoms with van der Waals surface area (Å²) in [6.45, 7) is 2.48. The van der Waals surface area contributed by atoms with E-state index in [0.29, 0.717) is 12.0 Å². The molecule has 136 valence electrons. The second-order valence-corrected chi connectivity index (χ2v) is 8.07. The Morgan fingerprint density at radius 1 is 1.12 bits per heavy atom. The Hall–Kier alpha value is -2.33. The van der Waals surface area contributed by atoms with Gasteiger partial charge < -0.3 is 15.5 Å². The molecule has 1 aliphatic carbocycles. The Morgan fingerprint density at radius 3 is 2.46 bits per heavy atom. The quantitative estimate of drug-likeness (QED) is 0.816. The van der Waals surface area contributed by atoms with Crippen molar-refractivity contribution in [3.05, 3.63) is 64.7 Å². The highest BCUT2D eigenvalue weighted by Crippen LogP contribution is 2.48. The number of carbonyl (C=O) groups excluding carboxylic acids is 1. The van der Waals surface area contributed by atoms with Crippen LogP contribution in [0.3, 0.4) is 0 Å². The monoisotopic (exact) mass is 349 g/mol. The number of nitrogens with two attached hydrogens (primary N) is 1. The standard InChI is InChI=1S/C22H27N3O/c1-24(2)15-22(11-12-22)17-8-6-16(7-9-17)10-13-25-14-19-18(21(25)26)4-3-5-20(19)23/h3-9H,10-15,23H2,1-2H3. The molecule has 0 atom stereocenters. The molecule has 1 aliphatic heterocycles. The fourth-order valence-electron chi connectivity index (χ4n) is 4.18. The van der Waals surface area contributed by atoms with Crippen LogP contribution in [0.25, 0.3) is 0 Å². The smallest absolute Gasteiger partial charge is 0.254 e. The molecule has 26 heavy (non-hydrogen) atoms. The molecule has 0 spiro atoms. The number of likely N-dealkylation sites (N-methyl/N-ethyl adjacent to an activating group) is 1. The average molecular weight is 349 g/mol. The van der Waals surface area contributed by atoms with Gasteiger partial charge in [0.2, 0.25) is 0 Å². The molecular formula is C22H27N3O. The van der Waals surface area contributed by atoms with E-state index in [9.17, 15) is 4.79 Å². The zero-order valence-electron chi connectivity index (χ0n) is 15.7. The van der Waals surface area contributed by atoms with Gasteiger partial charge in [-0.25, -0.2) is 0 Å². The number of nitrogens with zero attached hydrogens (tertiary/aromatic N) is 2. The van der Waals surface area contributed by atoms with Crippen LogP contribution in [-0.4, -0.2) is 42.9 Å². The van der Waals surface area contributed by atoms with Crippen molar-refractivity contribution < 1.29 is 4.79 Å². The van der Waals surface area contributed by atoms with E-state index in [1.54, 1.807) is 0 Å². The van der Waals surface area contributed by atoms with E-state index in [1.807, 2.05) is 23.1 Å². The van der Waals surface area contributed by atoms with Crippen molar-refractivity contribution in [1.29, 1.82) is 0 Å². The zero-order chi connectivity index (χ0) is 18.3. The first-order valence-corrected chi connectivity index (χ1v) is 9.39. The summed E-state index contributed by atoms with van der Waals surface area (Å²) in [5, 5.41) is 0. The Morgan fingerprint density at radius 2 is 1.85 bits per heavy atom. The summed E-state index contributed by atoms with van der Waals surface area (Å²) in [4.78, 5) is 16.7. The third-order valence-electron chi connectivity index (χ3n) is 5.79. The summed E-state index contributed by atoms with van der Waals surface area (Å²) < 4.78 is 0. The first-order chi connectivity index (χ1) is 12.5. The van der Waals surface area contributed by atoms with Crippen LogP contribution in [0.1, 0.15) is 39.9 Å². The maximum Gasteiger partial charge on any atom is 0.254 e. The third kappa shape index (κ3) is 3.10. The molecule has 1 heterocycles. The number of carbonyl (C=O) groups is 1. The highest BCUT2D eigenvalue weighted by Gasteiger charge is 2.44. The van der Waals surface area contributed by atoms with Crippen molar-refractivity contribution in [2.24, 2.45) is 0 Å². The number of hydrogen-bond acceptors (Lipinski definition) is 3. The number of anilines is 1. The fraction of sp³-hybridized carbons (Fsp3) is 0.409. The van der Waals surface area contributed by atoms with Crippen LogP contribution in [0.2, 0.25) is 0 Å². The Balaban J connectivity index is 1.39. The highest BCUT2D eigenvalue weighted by molar-refractivity contribution is 5.99. The minimum Gasteiger partial charge on any atom is -0.398 e. The summed E-state index contributed by atoms with van der Waals surface area (Å²) in [6.07, 6.45) is 3.44. The fourth-order valence-corrected chi connectivity index (χ4v) is 4.18. The lowest BCUT2D eigenvalue weighted by Crippen LogP contribution is -2.26. The Kier molecular flexibility index (Phi) is 4.23. The van der Waals surface area contributed by atoms with E-state index in [1.165, 1.54) is 24.0 Å². The van der Waals surface area contributed by atoms with Crippen LogP contribution in [0.4, 0.5) is 5.69 Å². The maximum atomic E-state index is 12.5. The highest BCUT2D eigenvalue weighted by atomic mass is 16.2. The van der Waals surface area contributed by atoms with Crippen LogP contribution in [0.15, 0.2) is 42.5 Å². The summed E-state index contributed by atoms with van der Waals surface area (Å²) in [5.74, 6) is 0.104. The van der Waals surface area contributed by atoms with E-state index in [0.717, 1.165) is 36.3 Å². The molecule has 2 aromatic rings. The summed E-state index contributed by atoms with van der Waals surface area (Å²) in [7, 11) is 4.29. The predicted molar refractivity (Wildman–Crippen MR) is 105 cm³/mol. The van der Waals surface area contributed by atoms with Gasteiger partial charge in [0, 0.05) is 41.9 Å². The van der Waals surface area contributed by atoms with E-state index < -0.39 is 0 Å². The normalized spacial score (nSPS) is 17.7. The molecule has 0 radical (unpaired) electrons.